The first-order chi connectivity index (χ1) is 13.1. The fraction of sp³-hybridized carbons (Fsp3) is 0.682. The number of likely N-dealkylation sites (N-methyl/N-ethyl adjacent to an activating group) is 1. The summed E-state index contributed by atoms with van der Waals surface area (Å²) in [4.78, 5) is 20.0. The van der Waals surface area contributed by atoms with Crippen molar-refractivity contribution in [3.8, 4) is 0 Å². The van der Waals surface area contributed by atoms with Crippen LogP contribution in [0.15, 0.2) is 30.3 Å². The normalized spacial score (nSPS) is 28.9. The molecule has 2 aliphatic carbocycles. The highest BCUT2D eigenvalue weighted by atomic mass is 35.5. The lowest BCUT2D eigenvalue weighted by atomic mass is 9.84. The van der Waals surface area contributed by atoms with Crippen LogP contribution in [0.5, 0.6) is 0 Å². The van der Waals surface area contributed by atoms with Gasteiger partial charge in [0.15, 0.2) is 0 Å². The molecule has 2 saturated carbocycles. The van der Waals surface area contributed by atoms with Gasteiger partial charge in [0.25, 0.3) is 0 Å². The molecule has 2 N–H and O–H groups in total. The first-order valence-electron chi connectivity index (χ1n) is 10.6. The molecule has 1 saturated heterocycles. The smallest absolute Gasteiger partial charge is 0.227 e. The second kappa shape index (κ2) is 11.0. The number of benzene rings is 1. The van der Waals surface area contributed by atoms with Crippen molar-refractivity contribution in [2.24, 2.45) is 23.5 Å². The minimum atomic E-state index is 0. The third kappa shape index (κ3) is 5.65. The molecule has 1 heterocycles. The Labute approximate surface area is 187 Å². The van der Waals surface area contributed by atoms with E-state index in [2.05, 4.69) is 52.1 Å². The number of nitrogens with two attached hydrogens (primary N) is 1. The summed E-state index contributed by atoms with van der Waals surface area (Å²) in [5.74, 6) is 1.61. The second-order valence-corrected chi connectivity index (χ2v) is 8.83. The monoisotopic (exact) mass is 442 g/mol. The van der Waals surface area contributed by atoms with Crippen LogP contribution in [0.1, 0.15) is 24.8 Å². The van der Waals surface area contributed by atoms with Crippen LogP contribution >= 0.6 is 24.8 Å². The molecule has 0 radical (unpaired) electrons. The van der Waals surface area contributed by atoms with Gasteiger partial charge in [0.2, 0.25) is 5.91 Å². The number of carbonyl (C=O) groups is 1. The molecule has 0 aromatic heterocycles. The number of hydrogen-bond donors (Lipinski definition) is 1. The average molecular weight is 443 g/mol. The quantitative estimate of drug-likeness (QED) is 0.734. The Bertz CT molecular complexity index is 637. The van der Waals surface area contributed by atoms with Crippen LogP contribution in [-0.4, -0.2) is 73.0 Å². The molecule has 1 aliphatic heterocycles. The Hall–Kier alpha value is -0.850. The fourth-order valence-corrected chi connectivity index (χ4v) is 5.39. The minimum Gasteiger partial charge on any atom is -0.340 e. The second-order valence-electron chi connectivity index (χ2n) is 8.83. The number of halogens is 2. The van der Waals surface area contributed by atoms with Gasteiger partial charge in [0.05, 0.1) is 5.92 Å². The Kier molecular flexibility index (Phi) is 9.23. The number of hydrogen-bond acceptors (Lipinski definition) is 4. The van der Waals surface area contributed by atoms with E-state index < -0.39 is 0 Å². The third-order valence-electron chi connectivity index (χ3n) is 7.04. The van der Waals surface area contributed by atoms with E-state index in [9.17, 15) is 4.79 Å². The van der Waals surface area contributed by atoms with Crippen LogP contribution in [-0.2, 0) is 11.3 Å². The summed E-state index contributed by atoms with van der Waals surface area (Å²) >= 11 is 0. The Morgan fingerprint density at radius 2 is 1.72 bits per heavy atom. The molecule has 164 valence electrons. The Morgan fingerprint density at radius 1 is 1.07 bits per heavy atom. The molecule has 1 aromatic carbocycles. The van der Waals surface area contributed by atoms with Crippen LogP contribution in [0.2, 0.25) is 0 Å². The van der Waals surface area contributed by atoms with Crippen LogP contribution in [0, 0.1) is 17.8 Å². The summed E-state index contributed by atoms with van der Waals surface area (Å²) in [5.41, 5.74) is 7.74. The highest BCUT2D eigenvalue weighted by Gasteiger charge is 2.50. The Balaban J connectivity index is 0.00000150. The van der Waals surface area contributed by atoms with Gasteiger partial charge in [-0.2, -0.15) is 0 Å². The van der Waals surface area contributed by atoms with Crippen LogP contribution < -0.4 is 5.73 Å². The molecule has 3 fully saturated rings. The van der Waals surface area contributed by atoms with Crippen LogP contribution in [0.3, 0.4) is 0 Å². The number of carbonyl (C=O) groups excluding carboxylic acids is 1. The highest BCUT2D eigenvalue weighted by molar-refractivity contribution is 5.85. The predicted octanol–water partition coefficient (Wildman–Crippen LogP) is 2.48. The summed E-state index contributed by atoms with van der Waals surface area (Å²) in [7, 11) is 2.18. The van der Waals surface area contributed by atoms with E-state index in [1.807, 2.05) is 0 Å². The van der Waals surface area contributed by atoms with Crippen molar-refractivity contribution in [3.05, 3.63) is 35.9 Å². The van der Waals surface area contributed by atoms with E-state index in [1.165, 1.54) is 24.8 Å². The topological polar surface area (TPSA) is 52.8 Å². The first kappa shape index (κ1) is 24.4. The van der Waals surface area contributed by atoms with E-state index >= 15 is 0 Å². The molecule has 4 rings (SSSR count). The maximum absolute atomic E-state index is 13.0. The molecule has 2 bridgehead atoms. The molecule has 0 spiro atoms. The SMILES string of the molecule is CN(CCN1CCN(C(=O)C2C3CCC(C3)C2N)CC1)Cc1ccccc1.Cl.Cl. The van der Waals surface area contributed by atoms with E-state index in [1.54, 1.807) is 0 Å². The summed E-state index contributed by atoms with van der Waals surface area (Å²) < 4.78 is 0. The summed E-state index contributed by atoms with van der Waals surface area (Å²) in [5, 5.41) is 0. The lowest BCUT2D eigenvalue weighted by Crippen LogP contribution is -2.54. The molecule has 7 heteroatoms. The number of piperazine rings is 1. The standard InChI is InChI=1S/C22H34N4O.2ClH/c1-24(16-17-5-3-2-4-6-17)9-10-25-11-13-26(14-12-25)22(27)20-18-7-8-19(15-18)21(20)23;;/h2-6,18-21H,7-16,23H2,1H3;2*1H. The van der Waals surface area contributed by atoms with Crippen LogP contribution in [0.4, 0.5) is 0 Å². The van der Waals surface area contributed by atoms with E-state index in [0.717, 1.165) is 45.8 Å². The molecule has 4 atom stereocenters. The fourth-order valence-electron chi connectivity index (χ4n) is 5.39. The van der Waals surface area contributed by atoms with Gasteiger partial charge >= 0.3 is 0 Å². The van der Waals surface area contributed by atoms with E-state index in [4.69, 9.17) is 5.73 Å². The molecular weight excluding hydrogens is 407 g/mol. The van der Waals surface area contributed by atoms with Gasteiger partial charge < -0.3 is 15.5 Å². The van der Waals surface area contributed by atoms with Crippen molar-refractivity contribution in [1.82, 2.24) is 14.7 Å². The van der Waals surface area contributed by atoms with Gasteiger partial charge in [0.1, 0.15) is 0 Å². The van der Waals surface area contributed by atoms with Crippen molar-refractivity contribution >= 4 is 30.7 Å². The van der Waals surface area contributed by atoms with Gasteiger partial charge in [-0.05, 0) is 43.7 Å². The van der Waals surface area contributed by atoms with Gasteiger partial charge in [0, 0.05) is 51.9 Å². The first-order valence-corrected chi connectivity index (χ1v) is 10.6. The van der Waals surface area contributed by atoms with Crippen molar-refractivity contribution in [2.45, 2.75) is 31.8 Å². The summed E-state index contributed by atoms with van der Waals surface area (Å²) in [6, 6.07) is 10.7. The average Bonchev–Trinajstić information content (AvgIpc) is 3.28. The van der Waals surface area contributed by atoms with Gasteiger partial charge in [-0.1, -0.05) is 30.3 Å². The molecule has 1 aromatic rings. The van der Waals surface area contributed by atoms with Crippen LogP contribution in [0.25, 0.3) is 0 Å². The summed E-state index contributed by atoms with van der Waals surface area (Å²) in [6.45, 7) is 6.81. The lowest BCUT2D eigenvalue weighted by Gasteiger charge is -2.38. The third-order valence-corrected chi connectivity index (χ3v) is 7.04. The van der Waals surface area contributed by atoms with E-state index in [-0.39, 0.29) is 36.8 Å². The van der Waals surface area contributed by atoms with Crippen molar-refractivity contribution in [2.75, 3.05) is 46.3 Å². The maximum atomic E-state index is 13.0. The molecule has 29 heavy (non-hydrogen) atoms. The van der Waals surface area contributed by atoms with Crippen molar-refractivity contribution < 1.29 is 4.79 Å². The molecule has 5 nitrogen and oxygen atoms in total. The number of amides is 1. The Morgan fingerprint density at radius 3 is 2.34 bits per heavy atom. The van der Waals surface area contributed by atoms with Crippen molar-refractivity contribution in [1.29, 1.82) is 0 Å². The zero-order valence-electron chi connectivity index (χ0n) is 17.4. The minimum absolute atomic E-state index is 0. The molecule has 3 aliphatic rings. The lowest BCUT2D eigenvalue weighted by molar-refractivity contribution is -0.139. The van der Waals surface area contributed by atoms with Gasteiger partial charge in [-0.3, -0.25) is 9.69 Å². The largest absolute Gasteiger partial charge is 0.340 e. The molecular formula is C22H36Cl2N4O. The summed E-state index contributed by atoms with van der Waals surface area (Å²) in [6.07, 6.45) is 3.63. The number of fused-ring (bicyclic) bond motifs is 2. The number of rotatable bonds is 6. The predicted molar refractivity (Wildman–Crippen MR) is 123 cm³/mol. The zero-order chi connectivity index (χ0) is 18.8. The molecule has 4 unspecified atom stereocenters. The zero-order valence-corrected chi connectivity index (χ0v) is 19.0. The molecule has 1 amide bonds. The van der Waals surface area contributed by atoms with Crippen molar-refractivity contribution in [3.63, 3.8) is 0 Å². The van der Waals surface area contributed by atoms with E-state index in [0.29, 0.717) is 17.7 Å². The van der Waals surface area contributed by atoms with Gasteiger partial charge in [-0.25, -0.2) is 0 Å². The maximum Gasteiger partial charge on any atom is 0.227 e. The highest BCUT2D eigenvalue weighted by Crippen LogP contribution is 2.48. The number of nitrogens with zero attached hydrogens (tertiary/aromatic N) is 3. The van der Waals surface area contributed by atoms with Gasteiger partial charge in [-0.15, -0.1) is 24.8 Å².